The van der Waals surface area contributed by atoms with E-state index in [0.717, 1.165) is 22.6 Å². The molecule has 0 spiro atoms. The molecule has 112 valence electrons. The molecule has 2 rings (SSSR count). The number of aryl methyl sites for hydroxylation is 1. The van der Waals surface area contributed by atoms with Gasteiger partial charge in [-0.2, -0.15) is 0 Å². The summed E-state index contributed by atoms with van der Waals surface area (Å²) in [5, 5.41) is 0. The van der Waals surface area contributed by atoms with Gasteiger partial charge in [-0.05, 0) is 43.2 Å². The van der Waals surface area contributed by atoms with E-state index in [2.05, 4.69) is 0 Å². The molecule has 0 saturated heterocycles. The van der Waals surface area contributed by atoms with Crippen molar-refractivity contribution in [1.82, 2.24) is 0 Å². The first kappa shape index (κ1) is 15.7. The zero-order valence-electron chi connectivity index (χ0n) is 12.2. The van der Waals surface area contributed by atoms with Gasteiger partial charge in [0, 0.05) is 17.2 Å². The van der Waals surface area contributed by atoms with E-state index in [1.54, 1.807) is 0 Å². The van der Waals surface area contributed by atoms with Crippen molar-refractivity contribution >= 4 is 10.8 Å². The summed E-state index contributed by atoms with van der Waals surface area (Å²) in [7, 11) is -0.951. The monoisotopic (exact) mass is 303 g/mol. The maximum atomic E-state index is 12.1. The second-order valence-corrected chi connectivity index (χ2v) is 6.48. The maximum Gasteiger partial charge on any atom is 0.119 e. The van der Waals surface area contributed by atoms with Crippen LogP contribution in [0.2, 0.25) is 0 Å². The van der Waals surface area contributed by atoms with Crippen molar-refractivity contribution in [1.29, 1.82) is 0 Å². The highest BCUT2D eigenvalue weighted by Crippen LogP contribution is 2.13. The Balaban J connectivity index is 1.73. The largest absolute Gasteiger partial charge is 0.494 e. The van der Waals surface area contributed by atoms with Gasteiger partial charge in [0.25, 0.3) is 0 Å². The van der Waals surface area contributed by atoms with Crippen LogP contribution < -0.4 is 10.5 Å². The van der Waals surface area contributed by atoms with E-state index in [1.807, 2.05) is 55.5 Å². The molecule has 0 saturated carbocycles. The fraction of sp³-hybridized carbons (Fsp3) is 0.294. The predicted octanol–water partition coefficient (Wildman–Crippen LogP) is 3.03. The van der Waals surface area contributed by atoms with Crippen LogP contribution in [0.4, 0.5) is 0 Å². The highest BCUT2D eigenvalue weighted by Gasteiger charge is 2.03. The van der Waals surface area contributed by atoms with Crippen molar-refractivity contribution in [3.63, 3.8) is 0 Å². The average Bonchev–Trinajstić information content (AvgIpc) is 2.52. The molecule has 0 bridgehead atoms. The molecule has 0 heterocycles. The van der Waals surface area contributed by atoms with Crippen molar-refractivity contribution in [3.8, 4) is 5.75 Å². The third-order valence-corrected chi connectivity index (χ3v) is 4.64. The summed E-state index contributed by atoms with van der Waals surface area (Å²) < 4.78 is 17.7. The molecular formula is C17H21NO2S. The molecule has 2 aromatic rings. The Morgan fingerprint density at radius 2 is 1.71 bits per heavy atom. The number of benzene rings is 2. The molecule has 0 aromatic heterocycles. The van der Waals surface area contributed by atoms with Crippen LogP contribution in [0.25, 0.3) is 0 Å². The third-order valence-electron chi connectivity index (χ3n) is 3.19. The van der Waals surface area contributed by atoms with Crippen molar-refractivity contribution in [2.24, 2.45) is 5.73 Å². The third kappa shape index (κ3) is 4.99. The van der Waals surface area contributed by atoms with Crippen LogP contribution >= 0.6 is 0 Å². The molecule has 0 amide bonds. The number of hydrogen-bond donors (Lipinski definition) is 1. The number of nitrogens with two attached hydrogens (primary N) is 1. The summed E-state index contributed by atoms with van der Waals surface area (Å²) in [6.45, 7) is 3.13. The van der Waals surface area contributed by atoms with E-state index in [4.69, 9.17) is 10.5 Å². The quantitative estimate of drug-likeness (QED) is 0.800. The topological polar surface area (TPSA) is 52.3 Å². The fourth-order valence-corrected chi connectivity index (χ4v) is 2.97. The molecule has 0 radical (unpaired) electrons. The second-order valence-electron chi connectivity index (χ2n) is 4.91. The molecule has 2 aromatic carbocycles. The van der Waals surface area contributed by atoms with Crippen LogP contribution in [-0.2, 0) is 17.3 Å². The zero-order chi connectivity index (χ0) is 15.1. The molecule has 2 N–H and O–H groups in total. The van der Waals surface area contributed by atoms with Crippen LogP contribution in [0.1, 0.15) is 17.5 Å². The highest BCUT2D eigenvalue weighted by atomic mass is 32.2. The summed E-state index contributed by atoms with van der Waals surface area (Å²) >= 11 is 0. The van der Waals surface area contributed by atoms with Crippen LogP contribution in [0.3, 0.4) is 0 Å². The fourth-order valence-electron chi connectivity index (χ4n) is 1.91. The first-order valence-electron chi connectivity index (χ1n) is 7.06. The summed E-state index contributed by atoms with van der Waals surface area (Å²) in [5.41, 5.74) is 7.81. The first-order valence-corrected chi connectivity index (χ1v) is 8.38. The van der Waals surface area contributed by atoms with Crippen molar-refractivity contribution < 1.29 is 8.95 Å². The Morgan fingerprint density at radius 1 is 1.05 bits per heavy atom. The SMILES string of the molecule is Cc1ccc(S(=O)CCCOc2ccc(CN)cc2)cc1. The van der Waals surface area contributed by atoms with Gasteiger partial charge in [0.05, 0.1) is 17.4 Å². The standard InChI is InChI=1S/C17H21NO2S/c1-14-3-9-17(10-4-14)21(19)12-2-11-20-16-7-5-15(13-18)6-8-16/h3-10H,2,11-13,18H2,1H3. The molecule has 0 aliphatic carbocycles. The first-order chi connectivity index (χ1) is 10.2. The van der Waals surface area contributed by atoms with Crippen LogP contribution in [0, 0.1) is 6.92 Å². The number of rotatable bonds is 7. The van der Waals surface area contributed by atoms with Crippen LogP contribution in [0.5, 0.6) is 5.75 Å². The Kier molecular flexibility index (Phi) is 5.96. The minimum atomic E-state index is -0.951. The number of ether oxygens (including phenoxy) is 1. The van der Waals surface area contributed by atoms with Gasteiger partial charge in [0.1, 0.15) is 5.75 Å². The smallest absolute Gasteiger partial charge is 0.119 e. The molecule has 21 heavy (non-hydrogen) atoms. The van der Waals surface area contributed by atoms with E-state index >= 15 is 0 Å². The van der Waals surface area contributed by atoms with Crippen molar-refractivity contribution in [2.75, 3.05) is 12.4 Å². The van der Waals surface area contributed by atoms with Gasteiger partial charge in [0.2, 0.25) is 0 Å². The van der Waals surface area contributed by atoms with E-state index in [-0.39, 0.29) is 0 Å². The maximum absolute atomic E-state index is 12.1. The molecule has 0 aliphatic rings. The lowest BCUT2D eigenvalue weighted by molar-refractivity contribution is 0.318. The van der Waals surface area contributed by atoms with E-state index in [1.165, 1.54) is 5.56 Å². The summed E-state index contributed by atoms with van der Waals surface area (Å²) in [5.74, 6) is 1.44. The molecule has 1 atom stereocenters. The Morgan fingerprint density at radius 3 is 2.33 bits per heavy atom. The molecule has 1 unspecified atom stereocenters. The second kappa shape index (κ2) is 7.96. The Hall–Kier alpha value is -1.65. The van der Waals surface area contributed by atoms with Crippen LogP contribution in [-0.4, -0.2) is 16.6 Å². The summed E-state index contributed by atoms with van der Waals surface area (Å²) in [6, 6.07) is 15.6. The van der Waals surface area contributed by atoms with Crippen molar-refractivity contribution in [3.05, 3.63) is 59.7 Å². The lowest BCUT2D eigenvalue weighted by atomic mass is 10.2. The van der Waals surface area contributed by atoms with Gasteiger partial charge in [-0.1, -0.05) is 29.8 Å². The minimum absolute atomic E-state index is 0.538. The van der Waals surface area contributed by atoms with Gasteiger partial charge >= 0.3 is 0 Å². The summed E-state index contributed by atoms with van der Waals surface area (Å²) in [4.78, 5) is 0.882. The predicted molar refractivity (Wildman–Crippen MR) is 86.9 cm³/mol. The molecule has 0 fully saturated rings. The molecule has 0 aliphatic heterocycles. The zero-order valence-corrected chi connectivity index (χ0v) is 13.1. The molecule has 3 nitrogen and oxygen atoms in total. The highest BCUT2D eigenvalue weighted by molar-refractivity contribution is 7.85. The Bertz CT molecular complexity index is 579. The van der Waals surface area contributed by atoms with Gasteiger partial charge in [0.15, 0.2) is 0 Å². The van der Waals surface area contributed by atoms with E-state index in [0.29, 0.717) is 18.9 Å². The molecule has 4 heteroatoms. The minimum Gasteiger partial charge on any atom is -0.494 e. The van der Waals surface area contributed by atoms with Crippen molar-refractivity contribution in [2.45, 2.75) is 24.8 Å². The van der Waals surface area contributed by atoms with Gasteiger partial charge < -0.3 is 10.5 Å². The van der Waals surface area contributed by atoms with Gasteiger partial charge in [-0.15, -0.1) is 0 Å². The van der Waals surface area contributed by atoms with E-state index in [9.17, 15) is 4.21 Å². The average molecular weight is 303 g/mol. The lowest BCUT2D eigenvalue weighted by Crippen LogP contribution is -2.05. The van der Waals surface area contributed by atoms with Crippen LogP contribution in [0.15, 0.2) is 53.4 Å². The normalized spacial score (nSPS) is 12.1. The van der Waals surface area contributed by atoms with Gasteiger partial charge in [-0.3, -0.25) is 4.21 Å². The number of hydrogen-bond acceptors (Lipinski definition) is 3. The lowest BCUT2D eigenvalue weighted by Gasteiger charge is -2.07. The van der Waals surface area contributed by atoms with Gasteiger partial charge in [-0.25, -0.2) is 0 Å². The molecular weight excluding hydrogens is 282 g/mol. The Labute approximate surface area is 128 Å². The van der Waals surface area contributed by atoms with E-state index < -0.39 is 10.8 Å². The summed E-state index contributed by atoms with van der Waals surface area (Å²) in [6.07, 6.45) is 0.763.